The molecular formula is C17H13Br3N4O2S. The summed E-state index contributed by atoms with van der Waals surface area (Å²) in [6.45, 7) is 0. The summed E-state index contributed by atoms with van der Waals surface area (Å²) in [6, 6.07) is 11.5. The Bertz CT molecular complexity index is 966. The average Bonchev–Trinajstić information content (AvgIpc) is 3.16. The Balaban J connectivity index is 1.64. The van der Waals surface area contributed by atoms with E-state index in [1.54, 1.807) is 24.2 Å². The zero-order chi connectivity index (χ0) is 19.4. The lowest BCUT2D eigenvalue weighted by atomic mass is 10.3. The van der Waals surface area contributed by atoms with Crippen molar-refractivity contribution in [2.75, 3.05) is 18.2 Å². The lowest BCUT2D eigenvalue weighted by Gasteiger charge is -2.13. The number of methoxy groups -OCH3 is 1. The van der Waals surface area contributed by atoms with Crippen molar-refractivity contribution in [1.29, 1.82) is 0 Å². The van der Waals surface area contributed by atoms with Crippen molar-refractivity contribution in [1.82, 2.24) is 14.8 Å². The van der Waals surface area contributed by atoms with Gasteiger partial charge in [-0.05, 0) is 66.0 Å². The number of rotatable bonds is 6. The molecule has 140 valence electrons. The summed E-state index contributed by atoms with van der Waals surface area (Å²) in [5, 5.41) is 7.79. The van der Waals surface area contributed by atoms with E-state index in [2.05, 4.69) is 63.2 Å². The first-order chi connectivity index (χ1) is 13.0. The molecule has 1 aromatic heterocycles. The fourth-order valence-corrected chi connectivity index (χ4v) is 4.51. The lowest BCUT2D eigenvalue weighted by molar-refractivity contribution is -0.113. The van der Waals surface area contributed by atoms with Gasteiger partial charge in [0.2, 0.25) is 11.1 Å². The molecule has 10 heteroatoms. The number of ether oxygens (including phenoxy) is 1. The van der Waals surface area contributed by atoms with E-state index in [1.165, 1.54) is 11.8 Å². The normalized spacial score (nSPS) is 10.7. The molecule has 0 fully saturated rings. The van der Waals surface area contributed by atoms with Gasteiger partial charge < -0.3 is 10.1 Å². The number of para-hydroxylation sites is 1. The molecule has 0 aliphatic rings. The SMILES string of the molecule is COc1cc(Br)c(NC(=O)CSc2ncn(-c3ccccc3)n2)c(Br)c1Br. The van der Waals surface area contributed by atoms with Crippen LogP contribution in [0.5, 0.6) is 5.75 Å². The molecule has 0 saturated carbocycles. The van der Waals surface area contributed by atoms with Gasteiger partial charge in [-0.3, -0.25) is 4.79 Å². The zero-order valence-electron chi connectivity index (χ0n) is 13.9. The highest BCUT2D eigenvalue weighted by Gasteiger charge is 2.17. The maximum atomic E-state index is 12.4. The molecule has 2 aromatic carbocycles. The zero-order valence-corrected chi connectivity index (χ0v) is 19.5. The first-order valence-electron chi connectivity index (χ1n) is 7.61. The number of aromatic nitrogens is 3. The number of nitrogens with one attached hydrogen (secondary N) is 1. The summed E-state index contributed by atoms with van der Waals surface area (Å²) in [5.74, 6) is 0.660. The van der Waals surface area contributed by atoms with Crippen LogP contribution in [0.25, 0.3) is 5.69 Å². The third kappa shape index (κ3) is 4.92. The Labute approximate surface area is 185 Å². The fraction of sp³-hybridized carbons (Fsp3) is 0.118. The number of carbonyl (C=O) groups excluding carboxylic acids is 1. The van der Waals surface area contributed by atoms with Crippen LogP contribution < -0.4 is 10.1 Å². The van der Waals surface area contributed by atoms with Crippen LogP contribution in [0, 0.1) is 0 Å². The van der Waals surface area contributed by atoms with Crippen molar-refractivity contribution in [2.45, 2.75) is 5.16 Å². The second kappa shape index (κ2) is 9.22. The standard InChI is InChI=1S/C17H13Br3N4O2S/c1-26-12-7-11(18)16(15(20)14(12)19)22-13(25)8-27-17-21-9-24(23-17)10-5-3-2-4-6-10/h2-7,9H,8H2,1H3,(H,22,25). The maximum Gasteiger partial charge on any atom is 0.234 e. The number of hydrogen-bond acceptors (Lipinski definition) is 5. The van der Waals surface area contributed by atoms with Gasteiger partial charge in [-0.2, -0.15) is 0 Å². The van der Waals surface area contributed by atoms with E-state index in [-0.39, 0.29) is 11.7 Å². The Morgan fingerprint density at radius 1 is 1.22 bits per heavy atom. The number of anilines is 1. The average molecular weight is 577 g/mol. The number of benzene rings is 2. The minimum atomic E-state index is -0.172. The predicted octanol–water partition coefficient (Wildman–Crippen LogP) is 5.29. The molecule has 0 bridgehead atoms. The van der Waals surface area contributed by atoms with E-state index in [0.717, 1.165) is 10.2 Å². The summed E-state index contributed by atoms with van der Waals surface area (Å²) in [7, 11) is 1.58. The minimum absolute atomic E-state index is 0.172. The van der Waals surface area contributed by atoms with Crippen LogP contribution >= 0.6 is 59.6 Å². The van der Waals surface area contributed by atoms with Gasteiger partial charge in [-0.1, -0.05) is 30.0 Å². The molecule has 6 nitrogen and oxygen atoms in total. The third-order valence-electron chi connectivity index (χ3n) is 3.43. The van der Waals surface area contributed by atoms with Gasteiger partial charge in [0.25, 0.3) is 0 Å². The number of nitrogens with zero attached hydrogens (tertiary/aromatic N) is 3. The largest absolute Gasteiger partial charge is 0.495 e. The second-order valence-electron chi connectivity index (χ2n) is 5.21. The highest BCUT2D eigenvalue weighted by atomic mass is 79.9. The van der Waals surface area contributed by atoms with Crippen molar-refractivity contribution in [2.24, 2.45) is 0 Å². The topological polar surface area (TPSA) is 69.0 Å². The molecule has 3 aromatic rings. The van der Waals surface area contributed by atoms with E-state index in [0.29, 0.717) is 25.5 Å². The van der Waals surface area contributed by atoms with Crippen LogP contribution in [0.3, 0.4) is 0 Å². The Morgan fingerprint density at radius 2 is 1.96 bits per heavy atom. The number of amides is 1. The Kier molecular flexibility index (Phi) is 6.96. The summed E-state index contributed by atoms with van der Waals surface area (Å²) in [5.41, 5.74) is 1.54. The highest BCUT2D eigenvalue weighted by molar-refractivity contribution is 9.13. The van der Waals surface area contributed by atoms with E-state index in [9.17, 15) is 4.79 Å². The van der Waals surface area contributed by atoms with Crippen molar-refractivity contribution in [3.05, 3.63) is 56.1 Å². The van der Waals surface area contributed by atoms with E-state index in [1.807, 2.05) is 30.3 Å². The number of halogens is 3. The van der Waals surface area contributed by atoms with Crippen molar-refractivity contribution in [3.8, 4) is 11.4 Å². The summed E-state index contributed by atoms with van der Waals surface area (Å²) in [4.78, 5) is 16.6. The molecule has 3 rings (SSSR count). The molecule has 0 atom stereocenters. The number of thioether (sulfide) groups is 1. The molecule has 1 N–H and O–H groups in total. The minimum Gasteiger partial charge on any atom is -0.495 e. The van der Waals surface area contributed by atoms with Crippen LogP contribution in [0.15, 0.2) is 61.3 Å². The molecule has 0 unspecified atom stereocenters. The number of carbonyl (C=O) groups is 1. The molecule has 27 heavy (non-hydrogen) atoms. The monoisotopic (exact) mass is 574 g/mol. The quantitative estimate of drug-likeness (QED) is 0.319. The molecule has 0 spiro atoms. The van der Waals surface area contributed by atoms with Crippen LogP contribution in [0.1, 0.15) is 0 Å². The first-order valence-corrected chi connectivity index (χ1v) is 11.0. The molecule has 0 saturated heterocycles. The summed E-state index contributed by atoms with van der Waals surface area (Å²) >= 11 is 11.6. The molecule has 0 radical (unpaired) electrons. The van der Waals surface area contributed by atoms with E-state index >= 15 is 0 Å². The van der Waals surface area contributed by atoms with Crippen molar-refractivity contribution in [3.63, 3.8) is 0 Å². The molecular weight excluding hydrogens is 564 g/mol. The lowest BCUT2D eigenvalue weighted by Crippen LogP contribution is -2.15. The van der Waals surface area contributed by atoms with Gasteiger partial charge in [-0.25, -0.2) is 9.67 Å². The van der Waals surface area contributed by atoms with E-state index in [4.69, 9.17) is 4.74 Å². The van der Waals surface area contributed by atoms with Crippen LogP contribution in [0.2, 0.25) is 0 Å². The van der Waals surface area contributed by atoms with Gasteiger partial charge in [0.15, 0.2) is 0 Å². The van der Waals surface area contributed by atoms with Crippen LogP contribution in [-0.4, -0.2) is 33.5 Å². The van der Waals surface area contributed by atoms with Crippen molar-refractivity contribution >= 4 is 71.1 Å². The Morgan fingerprint density at radius 3 is 2.67 bits per heavy atom. The smallest absolute Gasteiger partial charge is 0.234 e. The Hall–Kier alpha value is -1.36. The van der Waals surface area contributed by atoms with Crippen LogP contribution in [-0.2, 0) is 4.79 Å². The fourth-order valence-electron chi connectivity index (χ4n) is 2.16. The first kappa shape index (κ1) is 20.4. The summed E-state index contributed by atoms with van der Waals surface area (Å²) in [6.07, 6.45) is 1.63. The predicted molar refractivity (Wildman–Crippen MR) is 117 cm³/mol. The van der Waals surface area contributed by atoms with Gasteiger partial charge in [0.1, 0.15) is 12.1 Å². The van der Waals surface area contributed by atoms with Crippen LogP contribution in [0.4, 0.5) is 5.69 Å². The van der Waals surface area contributed by atoms with Gasteiger partial charge >= 0.3 is 0 Å². The molecule has 1 heterocycles. The maximum absolute atomic E-state index is 12.4. The summed E-state index contributed by atoms with van der Waals surface area (Å²) < 4.78 is 9.07. The molecule has 1 amide bonds. The van der Waals surface area contributed by atoms with Gasteiger partial charge in [0, 0.05) is 4.47 Å². The molecule has 0 aliphatic carbocycles. The highest BCUT2D eigenvalue weighted by Crippen LogP contribution is 2.42. The van der Waals surface area contributed by atoms with Gasteiger partial charge in [-0.15, -0.1) is 5.10 Å². The van der Waals surface area contributed by atoms with Gasteiger partial charge in [0.05, 0.1) is 33.2 Å². The third-order valence-corrected chi connectivity index (χ3v) is 7.02. The van der Waals surface area contributed by atoms with E-state index < -0.39 is 0 Å². The molecule has 0 aliphatic heterocycles. The second-order valence-corrected chi connectivity index (χ2v) is 8.59. The van der Waals surface area contributed by atoms with Crippen molar-refractivity contribution < 1.29 is 9.53 Å². The number of hydrogen-bond donors (Lipinski definition) is 1.